The number of benzene rings is 1. The summed E-state index contributed by atoms with van der Waals surface area (Å²) in [5.74, 6) is 1.60. The lowest BCUT2D eigenvalue weighted by Crippen LogP contribution is -2.26. The predicted molar refractivity (Wildman–Crippen MR) is 72.7 cm³/mol. The van der Waals surface area contributed by atoms with Crippen LogP contribution in [-0.2, 0) is 5.60 Å². The summed E-state index contributed by atoms with van der Waals surface area (Å²) >= 11 is 1.83. The molecule has 94 valence electrons. The van der Waals surface area contributed by atoms with Gasteiger partial charge < -0.3 is 9.84 Å². The van der Waals surface area contributed by atoms with Crippen molar-refractivity contribution in [3.8, 4) is 5.75 Å². The topological polar surface area (TPSA) is 29.5 Å². The molecule has 3 heteroatoms. The zero-order chi connectivity index (χ0) is 12.3. The van der Waals surface area contributed by atoms with E-state index in [9.17, 15) is 5.11 Å². The average molecular weight is 252 g/mol. The zero-order valence-electron chi connectivity index (χ0n) is 10.5. The van der Waals surface area contributed by atoms with Crippen LogP contribution in [-0.4, -0.2) is 22.7 Å². The van der Waals surface area contributed by atoms with Gasteiger partial charge in [-0.2, -0.15) is 11.8 Å². The zero-order valence-corrected chi connectivity index (χ0v) is 11.3. The number of thioether (sulfide) groups is 1. The quantitative estimate of drug-likeness (QED) is 0.892. The van der Waals surface area contributed by atoms with Crippen molar-refractivity contribution in [1.82, 2.24) is 0 Å². The summed E-state index contributed by atoms with van der Waals surface area (Å²) in [6.07, 6.45) is 1.79. The largest absolute Gasteiger partial charge is 0.493 e. The van der Waals surface area contributed by atoms with E-state index in [0.717, 1.165) is 29.9 Å². The molecule has 0 spiro atoms. The highest BCUT2D eigenvalue weighted by Crippen LogP contribution is 2.44. The van der Waals surface area contributed by atoms with Gasteiger partial charge in [-0.05, 0) is 18.9 Å². The van der Waals surface area contributed by atoms with Crippen molar-refractivity contribution < 1.29 is 9.84 Å². The van der Waals surface area contributed by atoms with Crippen molar-refractivity contribution in [2.75, 3.05) is 12.4 Å². The molecule has 0 aliphatic carbocycles. The maximum absolute atomic E-state index is 10.7. The van der Waals surface area contributed by atoms with Gasteiger partial charge in [0.15, 0.2) is 0 Å². The van der Waals surface area contributed by atoms with Crippen LogP contribution in [0.25, 0.3) is 0 Å². The first-order chi connectivity index (χ1) is 8.15. The number of hydrogen-bond donors (Lipinski definition) is 1. The number of aliphatic hydroxyl groups is 1. The standard InChI is InChI=1S/C14H20O2S/c1-3-8-16-13-7-5-4-6-12(13)14(15)9-11(2)17-10-14/h4-7,11,15H,3,8-10H2,1-2H3. The van der Waals surface area contributed by atoms with E-state index < -0.39 is 5.60 Å². The van der Waals surface area contributed by atoms with Crippen LogP contribution in [0.4, 0.5) is 0 Å². The Kier molecular flexibility index (Phi) is 4.00. The van der Waals surface area contributed by atoms with Gasteiger partial charge in [0.05, 0.1) is 6.61 Å². The predicted octanol–water partition coefficient (Wildman–Crippen LogP) is 3.19. The Bertz CT molecular complexity index is 380. The molecule has 1 saturated heterocycles. The van der Waals surface area contributed by atoms with Gasteiger partial charge in [-0.3, -0.25) is 0 Å². The van der Waals surface area contributed by atoms with Crippen LogP contribution in [0.2, 0.25) is 0 Å². The summed E-state index contributed by atoms with van der Waals surface area (Å²) in [4.78, 5) is 0. The molecule has 2 atom stereocenters. The van der Waals surface area contributed by atoms with Crippen LogP contribution in [0.3, 0.4) is 0 Å². The van der Waals surface area contributed by atoms with E-state index in [-0.39, 0.29) is 0 Å². The van der Waals surface area contributed by atoms with Crippen molar-refractivity contribution in [2.45, 2.75) is 37.5 Å². The third-order valence-electron chi connectivity index (χ3n) is 3.08. The van der Waals surface area contributed by atoms with Gasteiger partial charge in [-0.1, -0.05) is 32.0 Å². The Morgan fingerprint density at radius 3 is 2.88 bits per heavy atom. The monoisotopic (exact) mass is 252 g/mol. The molecule has 0 bridgehead atoms. The second-order valence-corrected chi connectivity index (χ2v) is 6.13. The fraction of sp³-hybridized carbons (Fsp3) is 0.571. The Morgan fingerprint density at radius 1 is 1.47 bits per heavy atom. The fourth-order valence-electron chi connectivity index (χ4n) is 2.25. The second kappa shape index (κ2) is 5.32. The molecule has 1 aromatic carbocycles. The van der Waals surface area contributed by atoms with Crippen molar-refractivity contribution in [1.29, 1.82) is 0 Å². The van der Waals surface area contributed by atoms with Crippen LogP contribution in [0.15, 0.2) is 24.3 Å². The van der Waals surface area contributed by atoms with Crippen LogP contribution in [0.5, 0.6) is 5.75 Å². The molecule has 1 aliphatic heterocycles. The van der Waals surface area contributed by atoms with Crippen molar-refractivity contribution >= 4 is 11.8 Å². The molecule has 1 heterocycles. The molecule has 2 unspecified atom stereocenters. The Morgan fingerprint density at radius 2 is 2.24 bits per heavy atom. The van der Waals surface area contributed by atoms with E-state index in [1.165, 1.54) is 0 Å². The van der Waals surface area contributed by atoms with Gasteiger partial charge >= 0.3 is 0 Å². The Balaban J connectivity index is 2.25. The first-order valence-electron chi connectivity index (χ1n) is 6.22. The minimum atomic E-state index is -0.714. The molecule has 2 rings (SSSR count). The molecular formula is C14H20O2S. The molecule has 1 aromatic rings. The van der Waals surface area contributed by atoms with Crippen molar-refractivity contribution in [2.24, 2.45) is 0 Å². The average Bonchev–Trinajstić information content (AvgIpc) is 2.68. The SMILES string of the molecule is CCCOc1ccccc1C1(O)CSC(C)C1. The van der Waals surface area contributed by atoms with E-state index in [0.29, 0.717) is 11.9 Å². The lowest BCUT2D eigenvalue weighted by molar-refractivity contribution is 0.0577. The van der Waals surface area contributed by atoms with Crippen LogP contribution < -0.4 is 4.74 Å². The van der Waals surface area contributed by atoms with Gasteiger partial charge in [0, 0.05) is 16.6 Å². The van der Waals surface area contributed by atoms with E-state index in [4.69, 9.17) is 4.74 Å². The van der Waals surface area contributed by atoms with Gasteiger partial charge in [-0.25, -0.2) is 0 Å². The summed E-state index contributed by atoms with van der Waals surface area (Å²) in [5.41, 5.74) is 0.235. The smallest absolute Gasteiger partial charge is 0.125 e. The number of rotatable bonds is 4. The number of para-hydroxylation sites is 1. The summed E-state index contributed by atoms with van der Waals surface area (Å²) in [6, 6.07) is 7.88. The molecule has 0 saturated carbocycles. The Labute approximate surface area is 107 Å². The number of hydrogen-bond acceptors (Lipinski definition) is 3. The minimum absolute atomic E-state index is 0.513. The molecule has 17 heavy (non-hydrogen) atoms. The minimum Gasteiger partial charge on any atom is -0.493 e. The summed E-state index contributed by atoms with van der Waals surface area (Å²) in [6.45, 7) is 4.96. The Hall–Kier alpha value is -0.670. The maximum atomic E-state index is 10.7. The summed E-state index contributed by atoms with van der Waals surface area (Å²) < 4.78 is 5.73. The van der Waals surface area contributed by atoms with Crippen molar-refractivity contribution in [3.63, 3.8) is 0 Å². The summed E-state index contributed by atoms with van der Waals surface area (Å²) in [7, 11) is 0. The normalized spacial score (nSPS) is 28.3. The van der Waals surface area contributed by atoms with Gasteiger partial charge in [0.25, 0.3) is 0 Å². The third-order valence-corrected chi connectivity index (χ3v) is 4.46. The molecule has 1 aliphatic rings. The van der Waals surface area contributed by atoms with Crippen LogP contribution in [0.1, 0.15) is 32.3 Å². The molecule has 1 N–H and O–H groups in total. The highest BCUT2D eigenvalue weighted by atomic mass is 32.2. The van der Waals surface area contributed by atoms with Gasteiger partial charge in [0.1, 0.15) is 11.4 Å². The van der Waals surface area contributed by atoms with Crippen LogP contribution in [0, 0.1) is 0 Å². The fourth-order valence-corrected chi connectivity index (χ4v) is 3.48. The highest BCUT2D eigenvalue weighted by molar-refractivity contribution is 8.00. The summed E-state index contributed by atoms with van der Waals surface area (Å²) in [5, 5.41) is 11.2. The molecule has 2 nitrogen and oxygen atoms in total. The maximum Gasteiger partial charge on any atom is 0.125 e. The van der Waals surface area contributed by atoms with Gasteiger partial charge in [0.2, 0.25) is 0 Å². The van der Waals surface area contributed by atoms with Gasteiger partial charge in [-0.15, -0.1) is 0 Å². The molecule has 0 aromatic heterocycles. The van der Waals surface area contributed by atoms with E-state index in [2.05, 4.69) is 13.8 Å². The molecule has 0 radical (unpaired) electrons. The number of ether oxygens (including phenoxy) is 1. The molecule has 0 amide bonds. The second-order valence-electron chi connectivity index (χ2n) is 4.70. The van der Waals surface area contributed by atoms with E-state index in [1.54, 1.807) is 0 Å². The highest BCUT2D eigenvalue weighted by Gasteiger charge is 2.39. The van der Waals surface area contributed by atoms with E-state index in [1.807, 2.05) is 36.0 Å². The van der Waals surface area contributed by atoms with E-state index >= 15 is 0 Å². The lowest BCUT2D eigenvalue weighted by Gasteiger charge is -2.25. The van der Waals surface area contributed by atoms with Crippen LogP contribution >= 0.6 is 11.8 Å². The lowest BCUT2D eigenvalue weighted by atomic mass is 9.91. The molecular weight excluding hydrogens is 232 g/mol. The van der Waals surface area contributed by atoms with Crippen molar-refractivity contribution in [3.05, 3.63) is 29.8 Å². The first-order valence-corrected chi connectivity index (χ1v) is 7.27. The third kappa shape index (κ3) is 2.78. The molecule has 1 fully saturated rings. The first kappa shape index (κ1) is 12.8.